The normalized spacial score (nSPS) is 26.7. The fourth-order valence-corrected chi connectivity index (χ4v) is 5.34. The Morgan fingerprint density at radius 2 is 1.70 bits per heavy atom. The number of carbonyl (C=O) groups is 1. The number of carbonyl (C=O) groups excluding carboxylic acids is 1. The summed E-state index contributed by atoms with van der Waals surface area (Å²) in [6, 6.07) is 6.57. The van der Waals surface area contributed by atoms with E-state index < -0.39 is 0 Å². The number of rotatable bonds is 3. The van der Waals surface area contributed by atoms with E-state index in [1.54, 1.807) is 0 Å². The molecule has 0 aromatic heterocycles. The molecular weight excluding hydrogens is 334 g/mol. The van der Waals surface area contributed by atoms with Gasteiger partial charge in [0.15, 0.2) is 0 Å². The van der Waals surface area contributed by atoms with Crippen LogP contribution in [0.15, 0.2) is 18.2 Å². The Balaban J connectivity index is 1.28. The van der Waals surface area contributed by atoms with Crippen molar-refractivity contribution in [2.45, 2.75) is 46.0 Å². The lowest BCUT2D eigenvalue weighted by atomic mass is 9.75. The number of hydrogen-bond acceptors (Lipinski definition) is 3. The molecule has 1 amide bonds. The lowest BCUT2D eigenvalue weighted by Crippen LogP contribution is -2.52. The van der Waals surface area contributed by atoms with E-state index in [0.717, 1.165) is 51.1 Å². The molecule has 2 atom stereocenters. The molecule has 4 heteroatoms. The minimum absolute atomic E-state index is 0.360. The standard InChI is InChI=1S/C23H35N3O/c1-18-6-5-9-22(19(18)2)25-14-12-24(13-15-25)17-23(27)26-11-10-20-7-3-4-8-21(20)16-26/h5-6,9,20-21H,3-4,7-8,10-17H2,1-2H3/t20-,21+/m0/s1. The molecule has 0 spiro atoms. The molecule has 4 nitrogen and oxygen atoms in total. The Kier molecular flexibility index (Phi) is 5.72. The van der Waals surface area contributed by atoms with Crippen molar-refractivity contribution >= 4 is 11.6 Å². The third-order valence-corrected chi connectivity index (χ3v) is 7.29. The van der Waals surface area contributed by atoms with Gasteiger partial charge in [0.1, 0.15) is 0 Å². The van der Waals surface area contributed by atoms with Crippen molar-refractivity contribution in [3.8, 4) is 0 Å². The number of anilines is 1. The number of hydrogen-bond donors (Lipinski definition) is 0. The predicted octanol–water partition coefficient (Wildman–Crippen LogP) is 3.46. The van der Waals surface area contributed by atoms with E-state index >= 15 is 0 Å². The molecule has 27 heavy (non-hydrogen) atoms. The van der Waals surface area contributed by atoms with Crippen LogP contribution >= 0.6 is 0 Å². The van der Waals surface area contributed by atoms with Crippen LogP contribution in [0.25, 0.3) is 0 Å². The van der Waals surface area contributed by atoms with E-state index in [4.69, 9.17) is 0 Å². The van der Waals surface area contributed by atoms with E-state index in [1.807, 2.05) is 0 Å². The zero-order chi connectivity index (χ0) is 18.8. The highest BCUT2D eigenvalue weighted by molar-refractivity contribution is 5.78. The zero-order valence-corrected chi connectivity index (χ0v) is 17.1. The van der Waals surface area contributed by atoms with Crippen LogP contribution in [0, 0.1) is 25.7 Å². The molecule has 0 N–H and O–H groups in total. The van der Waals surface area contributed by atoms with Gasteiger partial charge in [-0.15, -0.1) is 0 Å². The SMILES string of the molecule is Cc1cccc(N2CCN(CC(=O)N3CC[C@@H]4CCCC[C@@H]4C3)CC2)c1C. The van der Waals surface area contributed by atoms with Crippen LogP contribution < -0.4 is 4.90 Å². The summed E-state index contributed by atoms with van der Waals surface area (Å²) in [5, 5.41) is 0. The smallest absolute Gasteiger partial charge is 0.236 e. The largest absolute Gasteiger partial charge is 0.369 e. The second-order valence-corrected chi connectivity index (χ2v) is 8.92. The van der Waals surface area contributed by atoms with E-state index in [1.165, 1.54) is 48.9 Å². The van der Waals surface area contributed by atoms with Gasteiger partial charge in [0.05, 0.1) is 6.54 Å². The Bertz CT molecular complexity index is 666. The van der Waals surface area contributed by atoms with Gasteiger partial charge in [0.25, 0.3) is 0 Å². The minimum atomic E-state index is 0.360. The van der Waals surface area contributed by atoms with E-state index in [-0.39, 0.29) is 0 Å². The summed E-state index contributed by atoms with van der Waals surface area (Å²) in [5.74, 6) is 2.03. The Morgan fingerprint density at radius 3 is 2.48 bits per heavy atom. The maximum atomic E-state index is 12.9. The Labute approximate surface area is 164 Å². The number of nitrogens with zero attached hydrogens (tertiary/aromatic N) is 3. The lowest BCUT2D eigenvalue weighted by molar-refractivity contribution is -0.135. The van der Waals surface area contributed by atoms with Crippen molar-refractivity contribution in [2.75, 3.05) is 50.7 Å². The fourth-order valence-electron chi connectivity index (χ4n) is 5.34. The molecule has 1 aliphatic carbocycles. The number of fused-ring (bicyclic) bond motifs is 1. The molecule has 0 bridgehead atoms. The highest BCUT2D eigenvalue weighted by atomic mass is 16.2. The van der Waals surface area contributed by atoms with Crippen LogP contribution in [0.4, 0.5) is 5.69 Å². The maximum Gasteiger partial charge on any atom is 0.236 e. The van der Waals surface area contributed by atoms with E-state index in [9.17, 15) is 4.79 Å². The second kappa shape index (κ2) is 8.22. The maximum absolute atomic E-state index is 12.9. The second-order valence-electron chi connectivity index (χ2n) is 8.92. The van der Waals surface area contributed by atoms with Crippen molar-refractivity contribution < 1.29 is 4.79 Å². The summed E-state index contributed by atoms with van der Waals surface area (Å²) < 4.78 is 0. The van der Waals surface area contributed by atoms with Gasteiger partial charge < -0.3 is 9.80 Å². The third kappa shape index (κ3) is 4.16. The van der Waals surface area contributed by atoms with Gasteiger partial charge in [-0.05, 0) is 55.7 Å². The molecule has 148 valence electrons. The summed E-state index contributed by atoms with van der Waals surface area (Å²) in [7, 11) is 0. The summed E-state index contributed by atoms with van der Waals surface area (Å²) >= 11 is 0. The molecular formula is C23H35N3O. The van der Waals surface area contributed by atoms with E-state index in [0.29, 0.717) is 12.5 Å². The molecule has 1 saturated carbocycles. The predicted molar refractivity (Wildman–Crippen MR) is 111 cm³/mol. The first-order valence-electron chi connectivity index (χ1n) is 10.9. The monoisotopic (exact) mass is 369 g/mol. The van der Waals surface area contributed by atoms with Gasteiger partial charge in [-0.25, -0.2) is 0 Å². The van der Waals surface area contributed by atoms with Crippen LogP contribution in [0.1, 0.15) is 43.2 Å². The summed E-state index contributed by atoms with van der Waals surface area (Å²) in [5.41, 5.74) is 4.11. The van der Waals surface area contributed by atoms with Crippen LogP contribution in [-0.4, -0.2) is 61.5 Å². The summed E-state index contributed by atoms with van der Waals surface area (Å²) in [6.07, 6.45) is 6.73. The number of amides is 1. The van der Waals surface area contributed by atoms with Gasteiger partial charge in [-0.3, -0.25) is 9.69 Å². The Morgan fingerprint density at radius 1 is 0.963 bits per heavy atom. The first-order chi connectivity index (χ1) is 13.1. The fraction of sp³-hybridized carbons (Fsp3) is 0.696. The molecule has 1 aromatic carbocycles. The molecule has 2 saturated heterocycles. The quantitative estimate of drug-likeness (QED) is 0.816. The molecule has 0 radical (unpaired) electrons. The zero-order valence-electron chi connectivity index (χ0n) is 17.1. The van der Waals surface area contributed by atoms with Gasteiger partial charge in [-0.2, -0.15) is 0 Å². The van der Waals surface area contributed by atoms with Crippen LogP contribution in [0.2, 0.25) is 0 Å². The van der Waals surface area contributed by atoms with Crippen molar-refractivity contribution in [3.63, 3.8) is 0 Å². The van der Waals surface area contributed by atoms with Crippen LogP contribution in [0.5, 0.6) is 0 Å². The Hall–Kier alpha value is -1.55. The molecule has 2 heterocycles. The average molecular weight is 370 g/mol. The van der Waals surface area contributed by atoms with Crippen molar-refractivity contribution in [3.05, 3.63) is 29.3 Å². The van der Waals surface area contributed by atoms with Crippen LogP contribution in [-0.2, 0) is 4.79 Å². The topological polar surface area (TPSA) is 26.8 Å². The lowest BCUT2D eigenvalue weighted by Gasteiger charge is -2.42. The molecule has 2 aliphatic heterocycles. The summed E-state index contributed by atoms with van der Waals surface area (Å²) in [6.45, 7) is 11.0. The van der Waals surface area contributed by atoms with E-state index in [2.05, 4.69) is 46.7 Å². The molecule has 3 fully saturated rings. The molecule has 4 rings (SSSR count). The van der Waals surface area contributed by atoms with Crippen LogP contribution in [0.3, 0.4) is 0 Å². The number of benzene rings is 1. The average Bonchev–Trinajstić information content (AvgIpc) is 2.70. The first-order valence-corrected chi connectivity index (χ1v) is 10.9. The summed E-state index contributed by atoms with van der Waals surface area (Å²) in [4.78, 5) is 19.9. The highest BCUT2D eigenvalue weighted by Crippen LogP contribution is 2.36. The number of piperazine rings is 1. The minimum Gasteiger partial charge on any atom is -0.369 e. The highest BCUT2D eigenvalue weighted by Gasteiger charge is 2.33. The van der Waals surface area contributed by atoms with Crippen molar-refractivity contribution in [2.24, 2.45) is 11.8 Å². The van der Waals surface area contributed by atoms with Crippen molar-refractivity contribution in [1.82, 2.24) is 9.80 Å². The van der Waals surface area contributed by atoms with Gasteiger partial charge in [-0.1, -0.05) is 31.4 Å². The molecule has 3 aliphatic rings. The van der Waals surface area contributed by atoms with Crippen molar-refractivity contribution in [1.29, 1.82) is 0 Å². The first kappa shape index (κ1) is 18.8. The van der Waals surface area contributed by atoms with Gasteiger partial charge in [0.2, 0.25) is 5.91 Å². The number of aryl methyl sites for hydroxylation is 1. The van der Waals surface area contributed by atoms with Gasteiger partial charge >= 0.3 is 0 Å². The number of likely N-dealkylation sites (tertiary alicyclic amines) is 1. The van der Waals surface area contributed by atoms with Gasteiger partial charge in [0, 0.05) is 45.0 Å². The third-order valence-electron chi connectivity index (χ3n) is 7.29. The molecule has 1 aromatic rings. The number of piperidine rings is 1. The molecule has 0 unspecified atom stereocenters.